The van der Waals surface area contributed by atoms with Crippen LogP contribution in [0.5, 0.6) is 5.75 Å². The minimum atomic E-state index is -0.698. The van der Waals surface area contributed by atoms with Crippen LogP contribution in [0.15, 0.2) is 36.4 Å². The van der Waals surface area contributed by atoms with Crippen molar-refractivity contribution in [2.75, 3.05) is 18.5 Å². The van der Waals surface area contributed by atoms with Gasteiger partial charge in [0.2, 0.25) is 0 Å². The second-order valence-electron chi connectivity index (χ2n) is 5.51. The number of esters is 1. The van der Waals surface area contributed by atoms with Crippen molar-refractivity contribution in [2.24, 2.45) is 0 Å². The first-order valence-electron chi connectivity index (χ1n) is 8.03. The van der Waals surface area contributed by atoms with Crippen molar-refractivity contribution < 1.29 is 19.1 Å². The summed E-state index contributed by atoms with van der Waals surface area (Å²) in [7, 11) is 0. The lowest BCUT2D eigenvalue weighted by molar-refractivity contribution is -0.149. The third-order valence-corrected chi connectivity index (χ3v) is 4.22. The zero-order valence-corrected chi connectivity index (χ0v) is 16.0. The fraction of sp³-hybridized carbons (Fsp3) is 0.263. The Morgan fingerprint density at radius 3 is 2.35 bits per heavy atom. The predicted molar refractivity (Wildman–Crippen MR) is 102 cm³/mol. The monoisotopic (exact) mass is 395 g/mol. The second kappa shape index (κ2) is 9.46. The number of hydrogen-bond donors (Lipinski definition) is 1. The molecule has 0 aliphatic rings. The van der Waals surface area contributed by atoms with Crippen LogP contribution in [0.2, 0.25) is 10.0 Å². The molecule has 2 aromatic rings. The molecule has 138 valence electrons. The molecule has 0 atom stereocenters. The van der Waals surface area contributed by atoms with Gasteiger partial charge in [-0.3, -0.25) is 4.79 Å². The third kappa shape index (κ3) is 5.38. The zero-order valence-electron chi connectivity index (χ0n) is 14.5. The topological polar surface area (TPSA) is 64.6 Å². The first kappa shape index (κ1) is 20.1. The minimum absolute atomic E-state index is 0.199. The maximum absolute atomic E-state index is 12.0. The maximum atomic E-state index is 12.0. The quantitative estimate of drug-likeness (QED) is 0.704. The number of nitrogens with one attached hydrogen (secondary N) is 1. The summed E-state index contributed by atoms with van der Waals surface area (Å²) in [5.74, 6) is -0.917. The molecule has 1 amide bonds. The molecule has 5 nitrogen and oxygen atoms in total. The average molecular weight is 396 g/mol. The summed E-state index contributed by atoms with van der Waals surface area (Å²) in [6.07, 6.45) is 0.781. The lowest BCUT2D eigenvalue weighted by Crippen LogP contribution is -2.24. The number of amides is 1. The van der Waals surface area contributed by atoms with E-state index in [1.54, 1.807) is 18.2 Å². The van der Waals surface area contributed by atoms with E-state index in [1.165, 1.54) is 0 Å². The molecule has 0 aromatic heterocycles. The largest absolute Gasteiger partial charge is 0.479 e. The molecule has 0 radical (unpaired) electrons. The normalized spacial score (nSPS) is 10.3. The van der Waals surface area contributed by atoms with Gasteiger partial charge in [-0.25, -0.2) is 4.79 Å². The van der Waals surface area contributed by atoms with Crippen LogP contribution < -0.4 is 10.1 Å². The van der Waals surface area contributed by atoms with Crippen LogP contribution in [0.3, 0.4) is 0 Å². The van der Waals surface area contributed by atoms with Gasteiger partial charge in [0.15, 0.2) is 19.0 Å². The number of carbonyl (C=O) groups excluding carboxylic acids is 2. The van der Waals surface area contributed by atoms with Gasteiger partial charge < -0.3 is 14.8 Å². The fourth-order valence-corrected chi connectivity index (χ4v) is 2.82. The Morgan fingerprint density at radius 1 is 1.04 bits per heavy atom. The molecule has 0 heterocycles. The second-order valence-corrected chi connectivity index (χ2v) is 6.33. The summed E-state index contributed by atoms with van der Waals surface area (Å²) < 4.78 is 10.2. The van der Waals surface area contributed by atoms with Crippen molar-refractivity contribution in [1.29, 1.82) is 0 Å². The molecule has 26 heavy (non-hydrogen) atoms. The van der Waals surface area contributed by atoms with E-state index in [9.17, 15) is 9.59 Å². The highest BCUT2D eigenvalue weighted by Gasteiger charge is 2.13. The van der Waals surface area contributed by atoms with Crippen LogP contribution in [0.25, 0.3) is 0 Å². The van der Waals surface area contributed by atoms with Crippen LogP contribution in [-0.4, -0.2) is 25.1 Å². The van der Waals surface area contributed by atoms with Crippen LogP contribution in [-0.2, 0) is 20.7 Å². The summed E-state index contributed by atoms with van der Waals surface area (Å²) in [5, 5.41) is 3.35. The molecule has 7 heteroatoms. The van der Waals surface area contributed by atoms with E-state index >= 15 is 0 Å². The van der Waals surface area contributed by atoms with Crippen molar-refractivity contribution in [3.63, 3.8) is 0 Å². The third-order valence-electron chi connectivity index (χ3n) is 3.62. The minimum Gasteiger partial charge on any atom is -0.479 e. The SMILES string of the molecule is CCc1cccc(C)c1NC(=O)COC(=O)COc1c(Cl)cccc1Cl. The van der Waals surface area contributed by atoms with E-state index < -0.39 is 25.1 Å². The molecule has 0 aliphatic carbocycles. The van der Waals surface area contributed by atoms with Gasteiger partial charge in [-0.2, -0.15) is 0 Å². The number of rotatable bonds is 7. The smallest absolute Gasteiger partial charge is 0.344 e. The number of benzene rings is 2. The van der Waals surface area contributed by atoms with Gasteiger partial charge in [-0.15, -0.1) is 0 Å². The van der Waals surface area contributed by atoms with Crippen LogP contribution in [0.1, 0.15) is 18.1 Å². The Kier molecular flexibility index (Phi) is 7.30. The highest BCUT2D eigenvalue weighted by atomic mass is 35.5. The van der Waals surface area contributed by atoms with E-state index in [1.807, 2.05) is 32.0 Å². The molecular weight excluding hydrogens is 377 g/mol. The molecule has 0 saturated carbocycles. The summed E-state index contributed by atoms with van der Waals surface area (Å²) in [6, 6.07) is 10.6. The lowest BCUT2D eigenvalue weighted by atomic mass is 10.1. The van der Waals surface area contributed by atoms with Crippen LogP contribution in [0, 0.1) is 6.92 Å². The van der Waals surface area contributed by atoms with Crippen LogP contribution >= 0.6 is 23.2 Å². The number of halogens is 2. The van der Waals surface area contributed by atoms with Gasteiger partial charge >= 0.3 is 5.97 Å². The molecule has 2 aromatic carbocycles. The Bertz CT molecular complexity index is 788. The van der Waals surface area contributed by atoms with E-state index in [0.29, 0.717) is 0 Å². The van der Waals surface area contributed by atoms with Gasteiger partial charge in [0.25, 0.3) is 5.91 Å². The van der Waals surface area contributed by atoms with Crippen molar-refractivity contribution in [1.82, 2.24) is 0 Å². The van der Waals surface area contributed by atoms with Crippen molar-refractivity contribution in [3.05, 3.63) is 57.6 Å². The number of para-hydroxylation sites is 2. The number of ether oxygens (including phenoxy) is 2. The van der Waals surface area contributed by atoms with Gasteiger partial charge in [-0.05, 0) is 36.6 Å². The molecule has 0 spiro atoms. The highest BCUT2D eigenvalue weighted by Crippen LogP contribution is 2.32. The van der Waals surface area contributed by atoms with E-state index in [-0.39, 0.29) is 15.8 Å². The molecule has 2 rings (SSSR count). The molecule has 0 bridgehead atoms. The summed E-state index contributed by atoms with van der Waals surface area (Å²) in [5.41, 5.74) is 2.71. The first-order valence-corrected chi connectivity index (χ1v) is 8.78. The predicted octanol–water partition coefficient (Wildman–Crippen LogP) is 4.42. The lowest BCUT2D eigenvalue weighted by Gasteiger charge is -2.13. The van der Waals surface area contributed by atoms with Crippen molar-refractivity contribution in [2.45, 2.75) is 20.3 Å². The van der Waals surface area contributed by atoms with E-state index in [0.717, 1.165) is 23.2 Å². The Hall–Kier alpha value is -2.24. The zero-order chi connectivity index (χ0) is 19.1. The standard InChI is InChI=1S/C19H19Cl2NO4/c1-3-13-7-4-6-12(2)18(13)22-16(23)10-25-17(24)11-26-19-14(20)8-5-9-15(19)21/h4-9H,3,10-11H2,1-2H3,(H,22,23). The molecule has 0 saturated heterocycles. The highest BCUT2D eigenvalue weighted by molar-refractivity contribution is 6.37. The summed E-state index contributed by atoms with van der Waals surface area (Å²) >= 11 is 11.9. The Morgan fingerprint density at radius 2 is 1.69 bits per heavy atom. The first-order chi connectivity index (χ1) is 12.4. The fourth-order valence-electron chi connectivity index (χ4n) is 2.32. The number of anilines is 1. The van der Waals surface area contributed by atoms with Gasteiger partial charge in [0, 0.05) is 5.69 Å². The molecule has 0 fully saturated rings. The summed E-state index contributed by atoms with van der Waals surface area (Å²) in [6.45, 7) is 3.10. The number of hydrogen-bond acceptors (Lipinski definition) is 4. The summed E-state index contributed by atoms with van der Waals surface area (Å²) in [4.78, 5) is 23.8. The number of aryl methyl sites for hydroxylation is 2. The maximum Gasteiger partial charge on any atom is 0.344 e. The van der Waals surface area contributed by atoms with Crippen molar-refractivity contribution >= 4 is 40.8 Å². The van der Waals surface area contributed by atoms with E-state index in [4.69, 9.17) is 32.7 Å². The number of carbonyl (C=O) groups is 2. The molecule has 0 aliphatic heterocycles. The molecular formula is C19H19Cl2NO4. The van der Waals surface area contributed by atoms with E-state index in [2.05, 4.69) is 5.32 Å². The Balaban J connectivity index is 1.85. The van der Waals surface area contributed by atoms with Crippen molar-refractivity contribution in [3.8, 4) is 5.75 Å². The molecule has 1 N–H and O–H groups in total. The van der Waals surface area contributed by atoms with Gasteiger partial charge in [0.1, 0.15) is 0 Å². The van der Waals surface area contributed by atoms with Crippen LogP contribution in [0.4, 0.5) is 5.69 Å². The van der Waals surface area contributed by atoms with Gasteiger partial charge in [-0.1, -0.05) is 54.4 Å². The average Bonchev–Trinajstić information content (AvgIpc) is 2.61. The van der Waals surface area contributed by atoms with Gasteiger partial charge in [0.05, 0.1) is 10.0 Å². The Labute approximate surface area is 162 Å². The molecule has 0 unspecified atom stereocenters.